The summed E-state index contributed by atoms with van der Waals surface area (Å²) < 4.78 is 35.5. The van der Waals surface area contributed by atoms with Gasteiger partial charge < -0.3 is 15.2 Å². The summed E-state index contributed by atoms with van der Waals surface area (Å²) in [6.07, 6.45) is 0. The Morgan fingerprint density at radius 2 is 2.00 bits per heavy atom. The van der Waals surface area contributed by atoms with Gasteiger partial charge in [-0.1, -0.05) is 6.92 Å². The van der Waals surface area contributed by atoms with Gasteiger partial charge in [0.25, 0.3) is 0 Å². The highest BCUT2D eigenvalue weighted by Gasteiger charge is 2.27. The third-order valence-electron chi connectivity index (χ3n) is 3.04. The lowest BCUT2D eigenvalue weighted by Crippen LogP contribution is -2.34. The third kappa shape index (κ3) is 3.85. The van der Waals surface area contributed by atoms with Gasteiger partial charge >= 0.3 is 5.97 Å². The Labute approximate surface area is 124 Å². The van der Waals surface area contributed by atoms with Gasteiger partial charge in [-0.15, -0.1) is 0 Å². The second-order valence-electron chi connectivity index (χ2n) is 4.61. The van der Waals surface area contributed by atoms with Crippen LogP contribution in [0.1, 0.15) is 6.92 Å². The number of ether oxygens (including phenoxy) is 2. The van der Waals surface area contributed by atoms with Gasteiger partial charge in [-0.25, -0.2) is 12.7 Å². The fourth-order valence-corrected chi connectivity index (χ4v) is 3.17. The number of benzene rings is 1. The van der Waals surface area contributed by atoms with E-state index >= 15 is 0 Å². The lowest BCUT2D eigenvalue weighted by Gasteiger charge is -2.21. The van der Waals surface area contributed by atoms with Gasteiger partial charge in [0.1, 0.15) is 10.6 Å². The van der Waals surface area contributed by atoms with Gasteiger partial charge in [0.05, 0.1) is 25.8 Å². The topological polar surface area (TPSA) is 98.9 Å². The Hall–Kier alpha value is -1.80. The van der Waals surface area contributed by atoms with E-state index in [1.54, 1.807) is 6.92 Å². The fourth-order valence-electron chi connectivity index (χ4n) is 1.82. The van der Waals surface area contributed by atoms with Crippen molar-refractivity contribution in [2.45, 2.75) is 11.8 Å². The minimum Gasteiger partial charge on any atom is -0.497 e. The van der Waals surface area contributed by atoms with Gasteiger partial charge in [0.2, 0.25) is 10.0 Å². The van der Waals surface area contributed by atoms with Crippen LogP contribution in [0.3, 0.4) is 0 Å². The molecule has 1 aromatic carbocycles. The van der Waals surface area contributed by atoms with Gasteiger partial charge in [-0.05, 0) is 12.1 Å². The number of carbonyl (C=O) groups excluding carboxylic acids is 1. The average Bonchev–Trinajstić information content (AvgIpc) is 2.45. The predicted octanol–water partition coefficient (Wildman–Crippen LogP) is 0.707. The largest absolute Gasteiger partial charge is 0.497 e. The molecule has 8 heteroatoms. The maximum absolute atomic E-state index is 12.5. The molecule has 118 valence electrons. The number of hydrogen-bond donors (Lipinski definition) is 1. The van der Waals surface area contributed by atoms with E-state index in [-0.39, 0.29) is 17.1 Å². The summed E-state index contributed by atoms with van der Waals surface area (Å²) in [7, 11) is 0.325. The second kappa shape index (κ2) is 6.77. The predicted molar refractivity (Wildman–Crippen MR) is 78.4 cm³/mol. The molecule has 0 bridgehead atoms. The molecule has 2 N–H and O–H groups in total. The number of anilines is 1. The Morgan fingerprint density at radius 3 is 2.48 bits per heavy atom. The van der Waals surface area contributed by atoms with Crippen molar-refractivity contribution >= 4 is 21.7 Å². The first-order valence-corrected chi connectivity index (χ1v) is 7.65. The van der Waals surface area contributed by atoms with Crippen LogP contribution in [0.15, 0.2) is 23.1 Å². The van der Waals surface area contributed by atoms with E-state index < -0.39 is 21.9 Å². The van der Waals surface area contributed by atoms with Gasteiger partial charge in [0.15, 0.2) is 0 Å². The number of esters is 1. The van der Waals surface area contributed by atoms with E-state index in [1.807, 2.05) is 0 Å². The molecule has 1 atom stereocenters. The second-order valence-corrected chi connectivity index (χ2v) is 6.63. The van der Waals surface area contributed by atoms with Gasteiger partial charge in [-0.3, -0.25) is 4.79 Å². The molecule has 1 unspecified atom stereocenters. The Bertz CT molecular complexity index is 615. The van der Waals surface area contributed by atoms with E-state index in [0.717, 1.165) is 4.31 Å². The number of sulfonamides is 1. The van der Waals surface area contributed by atoms with Crippen molar-refractivity contribution in [3.63, 3.8) is 0 Å². The lowest BCUT2D eigenvalue weighted by molar-refractivity contribution is -0.144. The lowest BCUT2D eigenvalue weighted by atomic mass is 10.2. The Kier molecular flexibility index (Phi) is 5.56. The minimum absolute atomic E-state index is 0.000472. The normalized spacial score (nSPS) is 13.0. The number of nitrogen functional groups attached to an aromatic ring is 1. The molecule has 1 aromatic rings. The number of nitrogens with two attached hydrogens (primary N) is 1. The first-order valence-electron chi connectivity index (χ1n) is 6.21. The molecular weight excluding hydrogens is 296 g/mol. The standard InChI is InChI=1S/C13H20N2O5S/c1-9(13(16)20-4)8-15(2)21(17,18)12-6-5-10(19-3)7-11(12)14/h5-7,9H,8,14H2,1-4H3. The molecule has 0 fully saturated rings. The van der Waals surface area contributed by atoms with Crippen LogP contribution in [0.4, 0.5) is 5.69 Å². The molecule has 0 saturated heterocycles. The molecule has 0 aliphatic rings. The molecule has 0 amide bonds. The molecule has 0 aliphatic heterocycles. The van der Waals surface area contributed by atoms with E-state index in [4.69, 9.17) is 10.5 Å². The molecule has 0 radical (unpaired) electrons. The average molecular weight is 316 g/mol. The van der Waals surface area contributed by atoms with Crippen molar-refractivity contribution in [1.82, 2.24) is 4.31 Å². The molecule has 21 heavy (non-hydrogen) atoms. The van der Waals surface area contributed by atoms with Crippen LogP contribution in [-0.4, -0.2) is 46.5 Å². The van der Waals surface area contributed by atoms with Crippen molar-refractivity contribution in [3.05, 3.63) is 18.2 Å². The highest BCUT2D eigenvalue weighted by atomic mass is 32.2. The molecular formula is C13H20N2O5S. The van der Waals surface area contributed by atoms with Crippen molar-refractivity contribution in [2.24, 2.45) is 5.92 Å². The van der Waals surface area contributed by atoms with E-state index in [2.05, 4.69) is 4.74 Å². The highest BCUT2D eigenvalue weighted by Crippen LogP contribution is 2.26. The molecule has 0 saturated carbocycles. The van der Waals surface area contributed by atoms with Crippen LogP contribution in [0, 0.1) is 5.92 Å². The molecule has 1 rings (SSSR count). The Morgan fingerprint density at radius 1 is 1.38 bits per heavy atom. The summed E-state index contributed by atoms with van der Waals surface area (Å²) in [4.78, 5) is 11.4. The van der Waals surface area contributed by atoms with Crippen molar-refractivity contribution in [1.29, 1.82) is 0 Å². The maximum atomic E-state index is 12.5. The zero-order valence-corrected chi connectivity index (χ0v) is 13.3. The number of hydrogen-bond acceptors (Lipinski definition) is 6. The van der Waals surface area contributed by atoms with Crippen molar-refractivity contribution < 1.29 is 22.7 Å². The first kappa shape index (κ1) is 17.3. The summed E-state index contributed by atoms with van der Waals surface area (Å²) >= 11 is 0. The maximum Gasteiger partial charge on any atom is 0.309 e. The SMILES string of the molecule is COC(=O)C(C)CN(C)S(=O)(=O)c1ccc(OC)cc1N. The Balaban J connectivity index is 3.02. The fraction of sp³-hybridized carbons (Fsp3) is 0.462. The zero-order valence-electron chi connectivity index (χ0n) is 12.5. The zero-order chi connectivity index (χ0) is 16.2. The number of rotatable bonds is 6. The van der Waals surface area contributed by atoms with E-state index in [0.29, 0.717) is 5.75 Å². The van der Waals surface area contributed by atoms with Crippen LogP contribution in [0.25, 0.3) is 0 Å². The van der Waals surface area contributed by atoms with Crippen molar-refractivity contribution in [2.75, 3.05) is 33.5 Å². The monoisotopic (exact) mass is 316 g/mol. The van der Waals surface area contributed by atoms with Crippen molar-refractivity contribution in [3.8, 4) is 5.75 Å². The summed E-state index contributed by atoms with van der Waals surface area (Å²) in [5.74, 6) is -0.578. The quantitative estimate of drug-likeness (QED) is 0.613. The van der Waals surface area contributed by atoms with Crippen LogP contribution >= 0.6 is 0 Å². The summed E-state index contributed by atoms with van der Waals surface area (Å²) in [6.45, 7) is 1.59. The third-order valence-corrected chi connectivity index (χ3v) is 4.94. The van der Waals surface area contributed by atoms with Crippen LogP contribution in [0.2, 0.25) is 0 Å². The van der Waals surface area contributed by atoms with Crippen LogP contribution < -0.4 is 10.5 Å². The summed E-state index contributed by atoms with van der Waals surface area (Å²) in [6, 6.07) is 4.33. The summed E-state index contributed by atoms with van der Waals surface area (Å²) in [5.41, 5.74) is 5.85. The molecule has 0 spiro atoms. The highest BCUT2D eigenvalue weighted by molar-refractivity contribution is 7.89. The minimum atomic E-state index is -3.79. The van der Waals surface area contributed by atoms with E-state index in [1.165, 1.54) is 39.5 Å². The van der Waals surface area contributed by atoms with Gasteiger partial charge in [0, 0.05) is 19.7 Å². The van der Waals surface area contributed by atoms with Gasteiger partial charge in [-0.2, -0.15) is 0 Å². The summed E-state index contributed by atoms with van der Waals surface area (Å²) in [5, 5.41) is 0. The van der Waals surface area contributed by atoms with Crippen LogP contribution in [0.5, 0.6) is 5.75 Å². The molecule has 0 aliphatic carbocycles. The molecule has 0 aromatic heterocycles. The molecule has 7 nitrogen and oxygen atoms in total. The number of methoxy groups -OCH3 is 2. The first-order chi connectivity index (χ1) is 9.73. The van der Waals surface area contributed by atoms with E-state index in [9.17, 15) is 13.2 Å². The van der Waals surface area contributed by atoms with Crippen LogP contribution in [-0.2, 0) is 19.6 Å². The smallest absolute Gasteiger partial charge is 0.309 e. The molecule has 0 heterocycles. The number of carbonyl (C=O) groups is 1. The number of nitrogens with zero attached hydrogens (tertiary/aromatic N) is 1.